The molecule has 1 N–H and O–H groups in total. The minimum Gasteiger partial charge on any atom is -0.478 e. The maximum Gasteiger partial charge on any atom is 0.337 e. The molecule has 0 aliphatic rings. The van der Waals surface area contributed by atoms with Gasteiger partial charge >= 0.3 is 5.97 Å². The van der Waals surface area contributed by atoms with Crippen molar-refractivity contribution in [1.82, 2.24) is 0 Å². The van der Waals surface area contributed by atoms with Crippen LogP contribution in [0.15, 0.2) is 36.4 Å². The third kappa shape index (κ3) is 1.53. The number of hydrogen-bond donors (Lipinski definition) is 1. The molecule has 3 nitrogen and oxygen atoms in total. The molecule has 0 bridgehead atoms. The van der Waals surface area contributed by atoms with Crippen molar-refractivity contribution in [2.45, 2.75) is 0 Å². The zero-order valence-corrected chi connectivity index (χ0v) is 7.77. The Balaban J connectivity index is 2.82. The fourth-order valence-corrected chi connectivity index (χ4v) is 1.51. The van der Waals surface area contributed by atoms with Gasteiger partial charge in [0, 0.05) is 0 Å². The molecule has 2 rings (SSSR count). The van der Waals surface area contributed by atoms with E-state index in [2.05, 4.69) is 0 Å². The highest BCUT2D eigenvalue weighted by molar-refractivity contribution is 5.97. The van der Waals surface area contributed by atoms with Gasteiger partial charge in [0.15, 0.2) is 0 Å². The summed E-state index contributed by atoms with van der Waals surface area (Å²) < 4.78 is 0. The van der Waals surface area contributed by atoms with Gasteiger partial charge in [0.25, 0.3) is 0 Å². The van der Waals surface area contributed by atoms with Gasteiger partial charge in [-0.2, -0.15) is 5.26 Å². The van der Waals surface area contributed by atoms with Gasteiger partial charge in [-0.1, -0.05) is 24.3 Å². The molecule has 0 saturated carbocycles. The lowest BCUT2D eigenvalue weighted by atomic mass is 10.0. The van der Waals surface area contributed by atoms with Crippen LogP contribution in [0.2, 0.25) is 0 Å². The van der Waals surface area contributed by atoms with E-state index in [-0.39, 0.29) is 11.1 Å². The molecule has 0 amide bonds. The standard InChI is InChI=1S/C12H7NO2/c13-7-10-5-8-3-1-2-4-9(8)6-11(10)12(14)15/h1-6H,(H,14,15). The van der Waals surface area contributed by atoms with E-state index in [1.54, 1.807) is 6.07 Å². The van der Waals surface area contributed by atoms with E-state index in [1.165, 1.54) is 6.07 Å². The van der Waals surface area contributed by atoms with E-state index in [4.69, 9.17) is 10.4 Å². The SMILES string of the molecule is N#Cc1cc2ccccc2cc1C(=O)O. The van der Waals surface area contributed by atoms with Crippen LogP contribution in [0.25, 0.3) is 10.8 Å². The highest BCUT2D eigenvalue weighted by Gasteiger charge is 2.10. The van der Waals surface area contributed by atoms with E-state index in [0.29, 0.717) is 0 Å². The highest BCUT2D eigenvalue weighted by atomic mass is 16.4. The molecule has 0 heterocycles. The lowest BCUT2D eigenvalue weighted by Gasteiger charge is -2.01. The van der Waals surface area contributed by atoms with Gasteiger partial charge in [-0.15, -0.1) is 0 Å². The van der Waals surface area contributed by atoms with E-state index < -0.39 is 5.97 Å². The Bertz CT molecular complexity index is 582. The number of nitrogens with zero attached hydrogens (tertiary/aromatic N) is 1. The third-order valence-electron chi connectivity index (χ3n) is 2.24. The monoisotopic (exact) mass is 197 g/mol. The average molecular weight is 197 g/mol. The molecule has 0 unspecified atom stereocenters. The molecule has 0 atom stereocenters. The summed E-state index contributed by atoms with van der Waals surface area (Å²) in [6, 6.07) is 12.4. The van der Waals surface area contributed by atoms with E-state index in [9.17, 15) is 4.79 Å². The molecule has 0 aliphatic carbocycles. The molecule has 0 saturated heterocycles. The molecule has 0 aliphatic heterocycles. The van der Waals surface area contributed by atoms with Crippen molar-refractivity contribution in [1.29, 1.82) is 5.26 Å². The zero-order chi connectivity index (χ0) is 10.8. The predicted octanol–water partition coefficient (Wildman–Crippen LogP) is 2.41. The number of benzene rings is 2. The van der Waals surface area contributed by atoms with Crippen LogP contribution >= 0.6 is 0 Å². The van der Waals surface area contributed by atoms with Crippen LogP contribution in [0.3, 0.4) is 0 Å². The van der Waals surface area contributed by atoms with Gasteiger partial charge in [0.1, 0.15) is 6.07 Å². The smallest absolute Gasteiger partial charge is 0.337 e. The first-order valence-electron chi connectivity index (χ1n) is 4.38. The van der Waals surface area contributed by atoms with Crippen LogP contribution in [0.4, 0.5) is 0 Å². The topological polar surface area (TPSA) is 61.1 Å². The third-order valence-corrected chi connectivity index (χ3v) is 2.24. The number of carbonyl (C=O) groups is 1. The van der Waals surface area contributed by atoms with Gasteiger partial charge in [-0.05, 0) is 22.9 Å². The summed E-state index contributed by atoms with van der Waals surface area (Å²) in [4.78, 5) is 10.9. The Morgan fingerprint density at radius 2 is 1.80 bits per heavy atom. The maximum absolute atomic E-state index is 10.9. The summed E-state index contributed by atoms with van der Waals surface area (Å²) in [5.74, 6) is -1.07. The lowest BCUT2D eigenvalue weighted by molar-refractivity contribution is 0.0696. The Morgan fingerprint density at radius 3 is 2.33 bits per heavy atom. The summed E-state index contributed by atoms with van der Waals surface area (Å²) >= 11 is 0. The second-order valence-corrected chi connectivity index (χ2v) is 3.16. The Kier molecular flexibility index (Phi) is 2.11. The molecule has 0 aromatic heterocycles. The maximum atomic E-state index is 10.9. The summed E-state index contributed by atoms with van der Waals surface area (Å²) in [6.45, 7) is 0. The highest BCUT2D eigenvalue weighted by Crippen LogP contribution is 2.19. The fraction of sp³-hybridized carbons (Fsp3) is 0. The largest absolute Gasteiger partial charge is 0.478 e. The van der Waals surface area contributed by atoms with Crippen LogP contribution in [-0.2, 0) is 0 Å². The molecule has 2 aromatic rings. The predicted molar refractivity (Wildman–Crippen MR) is 55.6 cm³/mol. The Labute approximate surface area is 86.2 Å². The molecule has 0 spiro atoms. The van der Waals surface area contributed by atoms with E-state index in [1.807, 2.05) is 30.3 Å². The van der Waals surface area contributed by atoms with Crippen molar-refractivity contribution < 1.29 is 9.90 Å². The van der Waals surface area contributed by atoms with Crippen molar-refractivity contribution in [3.05, 3.63) is 47.5 Å². The first-order valence-corrected chi connectivity index (χ1v) is 4.38. The molecule has 72 valence electrons. The molecular formula is C12H7NO2. The second kappa shape index (κ2) is 3.43. The Morgan fingerprint density at radius 1 is 1.20 bits per heavy atom. The van der Waals surface area contributed by atoms with Gasteiger partial charge in [0.2, 0.25) is 0 Å². The quantitative estimate of drug-likeness (QED) is 0.763. The van der Waals surface area contributed by atoms with Gasteiger partial charge < -0.3 is 5.11 Å². The van der Waals surface area contributed by atoms with Crippen molar-refractivity contribution in [3.8, 4) is 6.07 Å². The van der Waals surface area contributed by atoms with Crippen molar-refractivity contribution >= 4 is 16.7 Å². The average Bonchev–Trinajstić information content (AvgIpc) is 2.27. The second-order valence-electron chi connectivity index (χ2n) is 3.16. The van der Waals surface area contributed by atoms with Crippen LogP contribution in [0.1, 0.15) is 15.9 Å². The first-order chi connectivity index (χ1) is 7.22. The van der Waals surface area contributed by atoms with Gasteiger partial charge in [-0.3, -0.25) is 0 Å². The fourth-order valence-electron chi connectivity index (χ4n) is 1.51. The number of carboxylic acid groups (broad SMARTS) is 1. The molecule has 2 aromatic carbocycles. The summed E-state index contributed by atoms with van der Waals surface area (Å²) in [7, 11) is 0. The van der Waals surface area contributed by atoms with Gasteiger partial charge in [-0.25, -0.2) is 4.79 Å². The minimum atomic E-state index is -1.07. The minimum absolute atomic E-state index is 0.0520. The Hall–Kier alpha value is -2.34. The zero-order valence-electron chi connectivity index (χ0n) is 7.77. The first kappa shape index (κ1) is 9.22. The summed E-state index contributed by atoms with van der Waals surface area (Å²) in [6.07, 6.45) is 0. The number of carboxylic acids is 1. The summed E-state index contributed by atoms with van der Waals surface area (Å²) in [5, 5.41) is 19.4. The molecule has 3 heteroatoms. The normalized spacial score (nSPS) is 9.80. The van der Waals surface area contributed by atoms with Crippen molar-refractivity contribution in [2.24, 2.45) is 0 Å². The number of rotatable bonds is 1. The van der Waals surface area contributed by atoms with E-state index in [0.717, 1.165) is 10.8 Å². The number of aromatic carboxylic acids is 1. The van der Waals surface area contributed by atoms with Crippen molar-refractivity contribution in [2.75, 3.05) is 0 Å². The molecule has 15 heavy (non-hydrogen) atoms. The number of fused-ring (bicyclic) bond motifs is 1. The lowest BCUT2D eigenvalue weighted by Crippen LogP contribution is -1.99. The van der Waals surface area contributed by atoms with Crippen molar-refractivity contribution in [3.63, 3.8) is 0 Å². The summed E-state index contributed by atoms with van der Waals surface area (Å²) in [5.41, 5.74) is 0.248. The number of hydrogen-bond acceptors (Lipinski definition) is 2. The number of nitriles is 1. The molecule has 0 fully saturated rings. The van der Waals surface area contributed by atoms with Crippen LogP contribution in [0.5, 0.6) is 0 Å². The van der Waals surface area contributed by atoms with Gasteiger partial charge in [0.05, 0.1) is 11.1 Å². The van der Waals surface area contributed by atoms with Crippen LogP contribution in [-0.4, -0.2) is 11.1 Å². The molecule has 0 radical (unpaired) electrons. The van der Waals surface area contributed by atoms with E-state index >= 15 is 0 Å². The van der Waals surface area contributed by atoms with Crippen LogP contribution < -0.4 is 0 Å². The van der Waals surface area contributed by atoms with Crippen LogP contribution in [0, 0.1) is 11.3 Å². The molecular weight excluding hydrogens is 190 g/mol.